The summed E-state index contributed by atoms with van der Waals surface area (Å²) in [6, 6.07) is 14.8. The summed E-state index contributed by atoms with van der Waals surface area (Å²) in [5.41, 5.74) is 1.58. The van der Waals surface area contributed by atoms with Gasteiger partial charge in [-0.25, -0.2) is 0 Å². The lowest BCUT2D eigenvalue weighted by Gasteiger charge is -2.12. The van der Waals surface area contributed by atoms with Gasteiger partial charge in [-0.2, -0.15) is 0 Å². The van der Waals surface area contributed by atoms with Gasteiger partial charge < -0.3 is 19.5 Å². The Labute approximate surface area is 117 Å². The average molecular weight is 270 g/mol. The fourth-order valence-corrected chi connectivity index (χ4v) is 2.33. The van der Waals surface area contributed by atoms with Crippen LogP contribution in [0.25, 0.3) is 0 Å². The summed E-state index contributed by atoms with van der Waals surface area (Å²) in [5, 5.41) is 18.3. The van der Waals surface area contributed by atoms with E-state index in [2.05, 4.69) is 0 Å². The predicted molar refractivity (Wildman–Crippen MR) is 76.4 cm³/mol. The Morgan fingerprint density at radius 3 is 2.85 bits per heavy atom. The molecule has 3 rings (SSSR count). The molecule has 0 amide bonds. The number of ether oxygens (including phenoxy) is 2. The zero-order chi connectivity index (χ0) is 13.9. The van der Waals surface area contributed by atoms with Crippen molar-refractivity contribution in [2.75, 3.05) is 13.2 Å². The van der Waals surface area contributed by atoms with Crippen LogP contribution >= 0.6 is 0 Å². The Morgan fingerprint density at radius 1 is 1.15 bits per heavy atom. The molecule has 0 aliphatic carbocycles. The zero-order valence-corrected chi connectivity index (χ0v) is 10.9. The lowest BCUT2D eigenvalue weighted by Crippen LogP contribution is -2.29. The molecule has 0 aromatic heterocycles. The van der Waals surface area contributed by atoms with Crippen LogP contribution in [-0.2, 0) is 0 Å². The van der Waals surface area contributed by atoms with Crippen molar-refractivity contribution in [2.45, 2.75) is 5.92 Å². The van der Waals surface area contributed by atoms with Crippen molar-refractivity contribution in [3.8, 4) is 11.5 Å². The molecule has 1 aliphatic heterocycles. The standard InChI is InChI=1S/C15H15BO4/c17-16(18)12-4-3-5-13(8-12)19-9-11-10-20-15-7-2-1-6-14(11)15/h1-8,11,17-18H,9-10H2. The molecule has 0 saturated carbocycles. The van der Waals surface area contributed by atoms with E-state index in [1.54, 1.807) is 24.3 Å². The first-order valence-corrected chi connectivity index (χ1v) is 6.54. The highest BCUT2D eigenvalue weighted by atomic mass is 16.5. The molecule has 2 aromatic carbocycles. The Balaban J connectivity index is 1.67. The van der Waals surface area contributed by atoms with Crippen molar-refractivity contribution in [3.63, 3.8) is 0 Å². The molecule has 1 aliphatic rings. The van der Waals surface area contributed by atoms with Gasteiger partial charge in [0.15, 0.2) is 0 Å². The highest BCUT2D eigenvalue weighted by Crippen LogP contribution is 2.33. The number of rotatable bonds is 4. The van der Waals surface area contributed by atoms with Gasteiger partial charge in [-0.3, -0.25) is 0 Å². The van der Waals surface area contributed by atoms with E-state index in [0.717, 1.165) is 11.3 Å². The van der Waals surface area contributed by atoms with Crippen LogP contribution in [0, 0.1) is 0 Å². The molecule has 20 heavy (non-hydrogen) atoms. The van der Waals surface area contributed by atoms with Crippen LogP contribution in [0.1, 0.15) is 11.5 Å². The summed E-state index contributed by atoms with van der Waals surface area (Å²) in [4.78, 5) is 0. The second-order valence-electron chi connectivity index (χ2n) is 4.80. The monoisotopic (exact) mass is 270 g/mol. The minimum Gasteiger partial charge on any atom is -0.493 e. The molecule has 1 heterocycles. The fraction of sp³-hybridized carbons (Fsp3) is 0.200. The van der Waals surface area contributed by atoms with E-state index < -0.39 is 7.12 Å². The molecule has 102 valence electrons. The Kier molecular flexibility index (Phi) is 3.63. The zero-order valence-electron chi connectivity index (χ0n) is 10.9. The first-order chi connectivity index (χ1) is 9.74. The maximum Gasteiger partial charge on any atom is 0.488 e. The first-order valence-electron chi connectivity index (χ1n) is 6.54. The minimum absolute atomic E-state index is 0.203. The van der Waals surface area contributed by atoms with Crippen LogP contribution in [0.2, 0.25) is 0 Å². The first kappa shape index (κ1) is 13.0. The van der Waals surface area contributed by atoms with Gasteiger partial charge in [0.25, 0.3) is 0 Å². The number of benzene rings is 2. The highest BCUT2D eigenvalue weighted by molar-refractivity contribution is 6.58. The Morgan fingerprint density at radius 2 is 2.00 bits per heavy atom. The SMILES string of the molecule is OB(O)c1cccc(OCC2COc3ccccc32)c1. The van der Waals surface area contributed by atoms with Gasteiger partial charge in [-0.15, -0.1) is 0 Å². The molecule has 0 spiro atoms. The second-order valence-corrected chi connectivity index (χ2v) is 4.80. The lowest BCUT2D eigenvalue weighted by atomic mass is 9.80. The molecular formula is C15H15BO4. The third-order valence-corrected chi connectivity index (χ3v) is 3.41. The molecule has 0 bridgehead atoms. The fourth-order valence-electron chi connectivity index (χ4n) is 2.33. The van der Waals surface area contributed by atoms with Crippen molar-refractivity contribution >= 4 is 12.6 Å². The summed E-state index contributed by atoms with van der Waals surface area (Å²) in [6.07, 6.45) is 0. The van der Waals surface area contributed by atoms with Crippen molar-refractivity contribution in [3.05, 3.63) is 54.1 Å². The van der Waals surface area contributed by atoms with Gasteiger partial charge in [-0.1, -0.05) is 30.3 Å². The summed E-state index contributed by atoms with van der Waals surface area (Å²) < 4.78 is 11.3. The van der Waals surface area contributed by atoms with Crippen LogP contribution in [0.15, 0.2) is 48.5 Å². The summed E-state index contributed by atoms with van der Waals surface area (Å²) in [7, 11) is -1.48. The van der Waals surface area contributed by atoms with Gasteiger partial charge in [0.05, 0.1) is 19.1 Å². The van der Waals surface area contributed by atoms with Gasteiger partial charge in [0, 0.05) is 5.56 Å². The molecule has 1 atom stereocenters. The van der Waals surface area contributed by atoms with E-state index >= 15 is 0 Å². The highest BCUT2D eigenvalue weighted by Gasteiger charge is 2.24. The molecule has 0 saturated heterocycles. The molecule has 2 N–H and O–H groups in total. The van der Waals surface area contributed by atoms with E-state index in [1.807, 2.05) is 24.3 Å². The lowest BCUT2D eigenvalue weighted by molar-refractivity contribution is 0.248. The van der Waals surface area contributed by atoms with E-state index in [0.29, 0.717) is 24.4 Å². The molecular weight excluding hydrogens is 255 g/mol. The van der Waals surface area contributed by atoms with E-state index in [1.165, 1.54) is 0 Å². The number of fused-ring (bicyclic) bond motifs is 1. The third kappa shape index (κ3) is 2.64. The van der Waals surface area contributed by atoms with Crippen LogP contribution in [0.4, 0.5) is 0 Å². The van der Waals surface area contributed by atoms with Crippen molar-refractivity contribution in [1.82, 2.24) is 0 Å². The molecule has 4 nitrogen and oxygen atoms in total. The third-order valence-electron chi connectivity index (χ3n) is 3.41. The maximum absolute atomic E-state index is 9.14. The van der Waals surface area contributed by atoms with E-state index in [9.17, 15) is 0 Å². The maximum atomic E-state index is 9.14. The second kappa shape index (κ2) is 5.57. The molecule has 0 fully saturated rings. The quantitative estimate of drug-likeness (QED) is 0.811. The Hall–Kier alpha value is -1.98. The predicted octanol–water partition coefficient (Wildman–Crippen LogP) is 0.921. The molecule has 2 aromatic rings. The van der Waals surface area contributed by atoms with Crippen molar-refractivity contribution < 1.29 is 19.5 Å². The average Bonchev–Trinajstić information content (AvgIpc) is 2.89. The smallest absolute Gasteiger partial charge is 0.488 e. The van der Waals surface area contributed by atoms with Crippen LogP contribution in [-0.4, -0.2) is 30.4 Å². The number of para-hydroxylation sites is 1. The largest absolute Gasteiger partial charge is 0.493 e. The van der Waals surface area contributed by atoms with Crippen LogP contribution < -0.4 is 14.9 Å². The van der Waals surface area contributed by atoms with Crippen LogP contribution in [0.3, 0.4) is 0 Å². The van der Waals surface area contributed by atoms with Gasteiger partial charge in [-0.05, 0) is 23.7 Å². The van der Waals surface area contributed by atoms with Crippen molar-refractivity contribution in [1.29, 1.82) is 0 Å². The Bertz CT molecular complexity index is 600. The molecule has 1 unspecified atom stereocenters. The topological polar surface area (TPSA) is 58.9 Å². The van der Waals surface area contributed by atoms with Gasteiger partial charge in [0.2, 0.25) is 0 Å². The van der Waals surface area contributed by atoms with E-state index in [4.69, 9.17) is 19.5 Å². The number of hydrogen-bond acceptors (Lipinski definition) is 4. The normalized spacial score (nSPS) is 16.4. The van der Waals surface area contributed by atoms with Crippen LogP contribution in [0.5, 0.6) is 11.5 Å². The molecule has 0 radical (unpaired) electrons. The van der Waals surface area contributed by atoms with Crippen molar-refractivity contribution in [2.24, 2.45) is 0 Å². The summed E-state index contributed by atoms with van der Waals surface area (Å²) >= 11 is 0. The molecule has 5 heteroatoms. The number of hydrogen-bond donors (Lipinski definition) is 2. The van der Waals surface area contributed by atoms with E-state index in [-0.39, 0.29) is 5.92 Å². The van der Waals surface area contributed by atoms with Gasteiger partial charge >= 0.3 is 7.12 Å². The minimum atomic E-state index is -1.48. The summed E-state index contributed by atoms with van der Waals surface area (Å²) in [5.74, 6) is 1.74. The summed E-state index contributed by atoms with van der Waals surface area (Å²) in [6.45, 7) is 1.11. The van der Waals surface area contributed by atoms with Gasteiger partial charge in [0.1, 0.15) is 11.5 Å².